The summed E-state index contributed by atoms with van der Waals surface area (Å²) >= 11 is 0. The maximum absolute atomic E-state index is 14.0. The fraction of sp³-hybridized carbons (Fsp3) is 0.538. The molecule has 0 aromatic heterocycles. The molecule has 2 heterocycles. The first kappa shape index (κ1) is 11.0. The van der Waals surface area contributed by atoms with Gasteiger partial charge >= 0.3 is 0 Å². The number of halogens is 2. The van der Waals surface area contributed by atoms with Gasteiger partial charge in [-0.05, 0) is 19.4 Å². The molecule has 4 heteroatoms. The summed E-state index contributed by atoms with van der Waals surface area (Å²) in [7, 11) is 0. The van der Waals surface area contributed by atoms with E-state index in [1.807, 2.05) is 0 Å². The van der Waals surface area contributed by atoms with Gasteiger partial charge in [0.2, 0.25) is 0 Å². The smallest absolute Gasteiger partial charge is 0.168 e. The molecular formula is C13H15F2NO. The van der Waals surface area contributed by atoms with Gasteiger partial charge in [-0.25, -0.2) is 8.78 Å². The molecule has 2 nitrogen and oxygen atoms in total. The average molecular weight is 239 g/mol. The molecule has 2 aliphatic heterocycles. The van der Waals surface area contributed by atoms with Crippen molar-refractivity contribution in [3.8, 4) is 5.75 Å². The van der Waals surface area contributed by atoms with Crippen LogP contribution in [0.5, 0.6) is 5.75 Å². The number of piperidine rings is 1. The van der Waals surface area contributed by atoms with Gasteiger partial charge in [0.25, 0.3) is 0 Å². The zero-order valence-corrected chi connectivity index (χ0v) is 9.56. The molecule has 0 bridgehead atoms. The lowest BCUT2D eigenvalue weighted by Crippen LogP contribution is -2.28. The maximum atomic E-state index is 14.0. The van der Waals surface area contributed by atoms with Crippen LogP contribution in [0.2, 0.25) is 0 Å². The first-order chi connectivity index (χ1) is 8.27. The maximum Gasteiger partial charge on any atom is 0.168 e. The highest BCUT2D eigenvalue weighted by atomic mass is 19.1. The number of rotatable bonds is 1. The van der Waals surface area contributed by atoms with E-state index in [-0.39, 0.29) is 11.8 Å². The molecule has 0 saturated carbocycles. The molecular weight excluding hydrogens is 224 g/mol. The Morgan fingerprint density at radius 1 is 1.24 bits per heavy atom. The molecule has 92 valence electrons. The van der Waals surface area contributed by atoms with Crippen LogP contribution in [-0.2, 0) is 6.42 Å². The molecule has 0 spiro atoms. The van der Waals surface area contributed by atoms with Crippen LogP contribution in [0.1, 0.15) is 36.4 Å². The second kappa shape index (κ2) is 4.26. The Morgan fingerprint density at radius 3 is 2.88 bits per heavy atom. The van der Waals surface area contributed by atoms with E-state index in [1.165, 1.54) is 0 Å². The topological polar surface area (TPSA) is 21.3 Å². The Morgan fingerprint density at radius 2 is 2.12 bits per heavy atom. The van der Waals surface area contributed by atoms with E-state index in [0.717, 1.165) is 37.4 Å². The predicted molar refractivity (Wildman–Crippen MR) is 60.2 cm³/mol. The molecule has 1 N–H and O–H groups in total. The van der Waals surface area contributed by atoms with E-state index >= 15 is 0 Å². The predicted octanol–water partition coefficient (Wildman–Crippen LogP) is 2.71. The number of hydrogen-bond donors (Lipinski definition) is 1. The number of benzene rings is 1. The van der Waals surface area contributed by atoms with E-state index in [0.29, 0.717) is 18.6 Å². The van der Waals surface area contributed by atoms with E-state index in [9.17, 15) is 8.78 Å². The Kier molecular flexibility index (Phi) is 2.74. The van der Waals surface area contributed by atoms with Crippen LogP contribution in [0.15, 0.2) is 6.07 Å². The van der Waals surface area contributed by atoms with Gasteiger partial charge in [0, 0.05) is 29.7 Å². The summed E-state index contributed by atoms with van der Waals surface area (Å²) < 4.78 is 32.7. The molecule has 3 rings (SSSR count). The molecule has 1 fully saturated rings. The van der Waals surface area contributed by atoms with Crippen molar-refractivity contribution in [1.82, 2.24) is 5.32 Å². The largest absolute Gasteiger partial charge is 0.490 e. The molecule has 1 aromatic carbocycles. The minimum Gasteiger partial charge on any atom is -0.490 e. The second-order valence-electron chi connectivity index (χ2n) is 4.66. The van der Waals surface area contributed by atoms with Gasteiger partial charge in [0.15, 0.2) is 11.6 Å². The van der Waals surface area contributed by atoms with Crippen LogP contribution in [0.3, 0.4) is 0 Å². The van der Waals surface area contributed by atoms with Gasteiger partial charge in [-0.2, -0.15) is 0 Å². The summed E-state index contributed by atoms with van der Waals surface area (Å²) in [4.78, 5) is 0. The molecule has 2 aliphatic rings. The zero-order valence-electron chi connectivity index (χ0n) is 9.56. The minimum absolute atomic E-state index is 0.0137. The Balaban J connectivity index is 2.06. The molecule has 0 aliphatic carbocycles. The van der Waals surface area contributed by atoms with Crippen molar-refractivity contribution in [3.63, 3.8) is 0 Å². The average Bonchev–Trinajstić information content (AvgIpc) is 2.79. The van der Waals surface area contributed by atoms with Crippen molar-refractivity contribution >= 4 is 0 Å². The van der Waals surface area contributed by atoms with Crippen LogP contribution in [-0.4, -0.2) is 13.2 Å². The highest BCUT2D eigenvalue weighted by molar-refractivity contribution is 5.46. The van der Waals surface area contributed by atoms with Gasteiger partial charge in [-0.15, -0.1) is 0 Å². The molecule has 1 saturated heterocycles. The molecule has 1 aromatic rings. The molecule has 0 radical (unpaired) electrons. The number of fused-ring (bicyclic) bond motifs is 1. The Labute approximate surface area is 99.0 Å². The van der Waals surface area contributed by atoms with Crippen molar-refractivity contribution < 1.29 is 13.5 Å². The van der Waals surface area contributed by atoms with E-state index < -0.39 is 11.6 Å². The number of nitrogens with one attached hydrogen (secondary N) is 1. The number of ether oxygens (including phenoxy) is 1. The molecule has 1 atom stereocenters. The lowest BCUT2D eigenvalue weighted by molar-refractivity contribution is 0.338. The fourth-order valence-corrected chi connectivity index (χ4v) is 2.80. The third-order valence-corrected chi connectivity index (χ3v) is 3.58. The van der Waals surface area contributed by atoms with Gasteiger partial charge in [0.05, 0.1) is 6.61 Å². The number of hydrogen-bond acceptors (Lipinski definition) is 2. The third-order valence-electron chi connectivity index (χ3n) is 3.58. The monoisotopic (exact) mass is 239 g/mol. The van der Waals surface area contributed by atoms with Crippen molar-refractivity contribution in [3.05, 3.63) is 28.8 Å². The Bertz CT molecular complexity index is 442. The van der Waals surface area contributed by atoms with Crippen LogP contribution in [0.25, 0.3) is 0 Å². The summed E-state index contributed by atoms with van der Waals surface area (Å²) in [6.45, 7) is 1.35. The fourth-order valence-electron chi connectivity index (χ4n) is 2.80. The van der Waals surface area contributed by atoms with Crippen LogP contribution in [0, 0.1) is 11.6 Å². The lowest BCUT2D eigenvalue weighted by Gasteiger charge is -2.25. The molecule has 1 unspecified atom stereocenters. The van der Waals surface area contributed by atoms with Crippen molar-refractivity contribution in [1.29, 1.82) is 0 Å². The van der Waals surface area contributed by atoms with E-state index in [1.54, 1.807) is 0 Å². The van der Waals surface area contributed by atoms with E-state index in [4.69, 9.17) is 4.74 Å². The van der Waals surface area contributed by atoms with Crippen LogP contribution < -0.4 is 10.1 Å². The van der Waals surface area contributed by atoms with E-state index in [2.05, 4.69) is 5.32 Å². The van der Waals surface area contributed by atoms with Gasteiger partial charge in [-0.3, -0.25) is 0 Å². The van der Waals surface area contributed by atoms with Crippen LogP contribution >= 0.6 is 0 Å². The van der Waals surface area contributed by atoms with Crippen LogP contribution in [0.4, 0.5) is 8.78 Å². The van der Waals surface area contributed by atoms with Gasteiger partial charge < -0.3 is 10.1 Å². The third kappa shape index (κ3) is 1.80. The SMILES string of the molecule is Fc1cc(F)c(C2CCCCN2)c2c1OCC2. The highest BCUT2D eigenvalue weighted by Gasteiger charge is 2.29. The molecule has 17 heavy (non-hydrogen) atoms. The standard InChI is InChI=1S/C13H15F2NO/c14-9-7-10(15)13-8(4-6-17-13)12(9)11-3-1-2-5-16-11/h7,11,16H,1-6H2. The van der Waals surface area contributed by atoms with Gasteiger partial charge in [0.1, 0.15) is 5.82 Å². The Hall–Kier alpha value is -1.16. The highest BCUT2D eigenvalue weighted by Crippen LogP contribution is 2.38. The first-order valence-electron chi connectivity index (χ1n) is 6.14. The zero-order chi connectivity index (χ0) is 11.8. The lowest BCUT2D eigenvalue weighted by atomic mass is 9.92. The van der Waals surface area contributed by atoms with Crippen molar-refractivity contribution in [2.75, 3.05) is 13.2 Å². The second-order valence-corrected chi connectivity index (χ2v) is 4.66. The van der Waals surface area contributed by atoms with Gasteiger partial charge in [-0.1, -0.05) is 6.42 Å². The summed E-state index contributed by atoms with van der Waals surface area (Å²) in [5.74, 6) is -0.755. The van der Waals surface area contributed by atoms with Crippen molar-refractivity contribution in [2.45, 2.75) is 31.7 Å². The van der Waals surface area contributed by atoms with Crippen molar-refractivity contribution in [2.24, 2.45) is 0 Å². The quantitative estimate of drug-likeness (QED) is 0.813. The summed E-state index contributed by atoms with van der Waals surface area (Å²) in [6, 6.07) is 0.968. The molecule has 0 amide bonds. The summed E-state index contributed by atoms with van der Waals surface area (Å²) in [5, 5.41) is 3.31. The minimum atomic E-state index is -0.574. The first-order valence-corrected chi connectivity index (χ1v) is 6.14. The summed E-state index contributed by atoms with van der Waals surface area (Å²) in [6.07, 6.45) is 3.73. The summed E-state index contributed by atoms with van der Waals surface area (Å²) in [5.41, 5.74) is 1.35. The normalized spacial score (nSPS) is 23.3.